The molecule has 0 aliphatic carbocycles. The van der Waals surface area contributed by atoms with Crippen LogP contribution in [0.1, 0.15) is 30.6 Å². The van der Waals surface area contributed by atoms with E-state index in [2.05, 4.69) is 33.7 Å². The zero-order valence-corrected chi connectivity index (χ0v) is 15.4. The fourth-order valence-corrected chi connectivity index (χ4v) is 3.71. The van der Waals surface area contributed by atoms with E-state index >= 15 is 0 Å². The summed E-state index contributed by atoms with van der Waals surface area (Å²) < 4.78 is 0. The molecule has 3 heterocycles. The number of hydrogen-bond donors (Lipinski definition) is 1. The Morgan fingerprint density at radius 1 is 1.24 bits per heavy atom. The Labute approximate surface area is 151 Å². The molecule has 8 heteroatoms. The molecule has 2 N–H and O–H groups in total. The number of carbonyl (C=O) groups excluding carboxylic acids is 1. The van der Waals surface area contributed by atoms with Crippen LogP contribution in [-0.2, 0) is 11.2 Å². The summed E-state index contributed by atoms with van der Waals surface area (Å²) in [5, 5.41) is 2.85. The van der Waals surface area contributed by atoms with E-state index in [1.807, 2.05) is 10.3 Å². The summed E-state index contributed by atoms with van der Waals surface area (Å²) in [6.45, 7) is 7.01. The smallest absolute Gasteiger partial charge is 0.228 e. The lowest BCUT2D eigenvalue weighted by Gasteiger charge is -2.34. The molecule has 7 nitrogen and oxygen atoms in total. The summed E-state index contributed by atoms with van der Waals surface area (Å²) in [6.07, 6.45) is 3.81. The van der Waals surface area contributed by atoms with Gasteiger partial charge in [0.2, 0.25) is 11.9 Å². The number of rotatable bonds is 5. The normalized spacial score (nSPS) is 16.3. The SMILES string of the molecule is CC(C)C(N)c1nc(CC(=O)N2CCN(c3ncccn3)CC2)cs1. The third-order valence-electron chi connectivity index (χ3n) is 4.37. The van der Waals surface area contributed by atoms with Crippen LogP contribution >= 0.6 is 11.3 Å². The molecule has 1 unspecified atom stereocenters. The molecule has 1 fully saturated rings. The van der Waals surface area contributed by atoms with Crippen LogP contribution in [0.4, 0.5) is 5.95 Å². The van der Waals surface area contributed by atoms with Gasteiger partial charge in [0.15, 0.2) is 0 Å². The molecular formula is C17H24N6OS. The van der Waals surface area contributed by atoms with E-state index in [0.29, 0.717) is 25.4 Å². The fourth-order valence-electron chi connectivity index (χ4n) is 2.72. The first-order valence-electron chi connectivity index (χ1n) is 8.54. The second-order valence-electron chi connectivity index (χ2n) is 6.54. The summed E-state index contributed by atoms with van der Waals surface area (Å²) in [6, 6.07) is 1.74. The van der Waals surface area contributed by atoms with Gasteiger partial charge in [-0.1, -0.05) is 13.8 Å². The molecule has 0 spiro atoms. The first-order chi connectivity index (χ1) is 12.0. The average molecular weight is 360 g/mol. The standard InChI is InChI=1S/C17H24N6OS/c1-12(2)15(18)16-21-13(11-25-16)10-14(24)22-6-8-23(9-7-22)17-19-4-3-5-20-17/h3-5,11-12,15H,6-10,18H2,1-2H3. The molecule has 0 bridgehead atoms. The van der Waals surface area contributed by atoms with Gasteiger partial charge < -0.3 is 15.5 Å². The number of anilines is 1. The van der Waals surface area contributed by atoms with Gasteiger partial charge in [-0.05, 0) is 12.0 Å². The number of aromatic nitrogens is 3. The summed E-state index contributed by atoms with van der Waals surface area (Å²) >= 11 is 1.54. The van der Waals surface area contributed by atoms with Crippen molar-refractivity contribution in [2.45, 2.75) is 26.3 Å². The van der Waals surface area contributed by atoms with Gasteiger partial charge in [-0.25, -0.2) is 15.0 Å². The highest BCUT2D eigenvalue weighted by Gasteiger charge is 2.23. The largest absolute Gasteiger partial charge is 0.339 e. The zero-order valence-electron chi connectivity index (χ0n) is 14.6. The molecular weight excluding hydrogens is 336 g/mol. The molecule has 1 amide bonds. The number of amides is 1. The van der Waals surface area contributed by atoms with Crippen molar-refractivity contribution >= 4 is 23.2 Å². The predicted octanol–water partition coefficient (Wildman–Crippen LogP) is 1.48. The molecule has 0 aromatic carbocycles. The Morgan fingerprint density at radius 2 is 1.92 bits per heavy atom. The summed E-state index contributed by atoms with van der Waals surface area (Å²) in [5.74, 6) is 1.17. The quantitative estimate of drug-likeness (QED) is 0.869. The second-order valence-corrected chi connectivity index (χ2v) is 7.43. The highest BCUT2D eigenvalue weighted by atomic mass is 32.1. The lowest BCUT2D eigenvalue weighted by atomic mass is 10.1. The van der Waals surface area contributed by atoms with Gasteiger partial charge in [-0.3, -0.25) is 4.79 Å². The Kier molecular flexibility index (Phi) is 5.60. The average Bonchev–Trinajstić information content (AvgIpc) is 3.10. The number of carbonyl (C=O) groups is 1. The van der Waals surface area contributed by atoms with Gasteiger partial charge in [-0.15, -0.1) is 11.3 Å². The van der Waals surface area contributed by atoms with E-state index in [1.165, 1.54) is 0 Å². The highest BCUT2D eigenvalue weighted by Crippen LogP contribution is 2.23. The maximum atomic E-state index is 12.5. The van der Waals surface area contributed by atoms with Crippen LogP contribution in [0.3, 0.4) is 0 Å². The minimum atomic E-state index is -0.0664. The number of hydrogen-bond acceptors (Lipinski definition) is 7. The number of thiazole rings is 1. The van der Waals surface area contributed by atoms with E-state index in [9.17, 15) is 4.79 Å². The van der Waals surface area contributed by atoms with E-state index in [-0.39, 0.29) is 11.9 Å². The van der Waals surface area contributed by atoms with Crippen molar-refractivity contribution in [2.24, 2.45) is 11.7 Å². The topological polar surface area (TPSA) is 88.2 Å². The molecule has 25 heavy (non-hydrogen) atoms. The van der Waals surface area contributed by atoms with Crippen molar-refractivity contribution in [3.05, 3.63) is 34.5 Å². The summed E-state index contributed by atoms with van der Waals surface area (Å²) in [4.78, 5) is 29.6. The van der Waals surface area contributed by atoms with Crippen LogP contribution in [0.15, 0.2) is 23.8 Å². The summed E-state index contributed by atoms with van der Waals surface area (Å²) in [7, 11) is 0. The minimum absolute atomic E-state index is 0.0664. The van der Waals surface area contributed by atoms with Gasteiger partial charge in [0.25, 0.3) is 0 Å². The first-order valence-corrected chi connectivity index (χ1v) is 9.42. The summed E-state index contributed by atoms with van der Waals surface area (Å²) in [5.41, 5.74) is 6.95. The second kappa shape index (κ2) is 7.88. The van der Waals surface area contributed by atoms with E-state index < -0.39 is 0 Å². The first kappa shape index (κ1) is 17.8. The number of nitrogens with zero attached hydrogens (tertiary/aromatic N) is 5. The molecule has 134 valence electrons. The minimum Gasteiger partial charge on any atom is -0.339 e. The van der Waals surface area contributed by atoms with Crippen LogP contribution < -0.4 is 10.6 Å². The van der Waals surface area contributed by atoms with Crippen LogP contribution in [0.5, 0.6) is 0 Å². The molecule has 3 rings (SSSR count). The molecule has 2 aromatic heterocycles. The van der Waals surface area contributed by atoms with Crippen molar-refractivity contribution in [1.29, 1.82) is 0 Å². The van der Waals surface area contributed by atoms with Crippen LogP contribution in [0, 0.1) is 5.92 Å². The Hall–Kier alpha value is -2.06. The lowest BCUT2D eigenvalue weighted by Crippen LogP contribution is -2.49. The van der Waals surface area contributed by atoms with Crippen LogP contribution in [-0.4, -0.2) is 51.9 Å². The maximum absolute atomic E-state index is 12.5. The molecule has 0 radical (unpaired) electrons. The third kappa shape index (κ3) is 4.32. The van der Waals surface area contributed by atoms with Crippen LogP contribution in [0.2, 0.25) is 0 Å². The van der Waals surface area contributed by atoms with Gasteiger partial charge in [0, 0.05) is 44.0 Å². The van der Waals surface area contributed by atoms with Crippen molar-refractivity contribution in [3.63, 3.8) is 0 Å². The Bertz CT molecular complexity index is 696. The van der Waals surface area contributed by atoms with Gasteiger partial charge in [0.05, 0.1) is 18.2 Å². The fraction of sp³-hybridized carbons (Fsp3) is 0.529. The van der Waals surface area contributed by atoms with Crippen molar-refractivity contribution in [3.8, 4) is 0 Å². The Balaban J connectivity index is 1.53. The molecule has 1 saturated heterocycles. The van der Waals surface area contributed by atoms with E-state index in [1.54, 1.807) is 29.8 Å². The monoisotopic (exact) mass is 360 g/mol. The molecule has 0 saturated carbocycles. The lowest BCUT2D eigenvalue weighted by molar-refractivity contribution is -0.130. The third-order valence-corrected chi connectivity index (χ3v) is 5.37. The molecule has 1 atom stereocenters. The number of piperazine rings is 1. The van der Waals surface area contributed by atoms with E-state index in [4.69, 9.17) is 5.73 Å². The van der Waals surface area contributed by atoms with Crippen molar-refractivity contribution < 1.29 is 4.79 Å². The van der Waals surface area contributed by atoms with Gasteiger partial charge >= 0.3 is 0 Å². The van der Waals surface area contributed by atoms with Gasteiger partial charge in [0.1, 0.15) is 5.01 Å². The van der Waals surface area contributed by atoms with Crippen molar-refractivity contribution in [1.82, 2.24) is 19.9 Å². The van der Waals surface area contributed by atoms with E-state index in [0.717, 1.165) is 29.7 Å². The van der Waals surface area contributed by atoms with Gasteiger partial charge in [-0.2, -0.15) is 0 Å². The maximum Gasteiger partial charge on any atom is 0.228 e. The number of nitrogens with two attached hydrogens (primary N) is 1. The predicted molar refractivity (Wildman–Crippen MR) is 98.4 cm³/mol. The molecule has 1 aliphatic rings. The highest BCUT2D eigenvalue weighted by molar-refractivity contribution is 7.09. The van der Waals surface area contributed by atoms with Crippen molar-refractivity contribution in [2.75, 3.05) is 31.1 Å². The molecule has 2 aromatic rings. The zero-order chi connectivity index (χ0) is 17.8. The Morgan fingerprint density at radius 3 is 2.56 bits per heavy atom. The van der Waals surface area contributed by atoms with Crippen LogP contribution in [0.25, 0.3) is 0 Å². The molecule has 1 aliphatic heterocycles.